The van der Waals surface area contributed by atoms with Crippen LogP contribution in [0.2, 0.25) is 0 Å². The predicted molar refractivity (Wildman–Crippen MR) is 51.4 cm³/mol. The van der Waals surface area contributed by atoms with Crippen LogP contribution in [0, 0.1) is 0 Å². The van der Waals surface area contributed by atoms with Gasteiger partial charge in [-0.1, -0.05) is 39.0 Å². The molecule has 0 amide bonds. The summed E-state index contributed by atoms with van der Waals surface area (Å²) in [5.74, 6) is 0.407. The first-order chi connectivity index (χ1) is 5.58. The van der Waals surface area contributed by atoms with Crippen molar-refractivity contribution >= 4 is 0 Å². The van der Waals surface area contributed by atoms with Gasteiger partial charge in [0.05, 0.1) is 0 Å². The van der Waals surface area contributed by atoms with Crippen LogP contribution in [0.5, 0.6) is 5.75 Å². The van der Waals surface area contributed by atoms with Gasteiger partial charge in [0.25, 0.3) is 0 Å². The van der Waals surface area contributed by atoms with Crippen LogP contribution < -0.4 is 0 Å². The molecule has 0 aliphatic carbocycles. The summed E-state index contributed by atoms with van der Waals surface area (Å²) >= 11 is 0. The van der Waals surface area contributed by atoms with Crippen LogP contribution in [0.3, 0.4) is 0 Å². The molecule has 0 atom stereocenters. The Labute approximate surface area is 74.1 Å². The Hall–Kier alpha value is -0.980. The molecule has 1 aromatic carbocycles. The second-order valence-corrected chi connectivity index (χ2v) is 3.75. The van der Waals surface area contributed by atoms with E-state index in [0.717, 1.165) is 12.0 Å². The maximum Gasteiger partial charge on any atom is 0.119 e. The number of phenols is 1. The third-order valence-corrected chi connectivity index (χ3v) is 2.52. The van der Waals surface area contributed by atoms with E-state index >= 15 is 0 Å². The molecule has 0 fully saturated rings. The summed E-state index contributed by atoms with van der Waals surface area (Å²) in [4.78, 5) is 0. The lowest BCUT2D eigenvalue weighted by Gasteiger charge is -2.23. The molecule has 0 saturated carbocycles. The molecular formula is C11H16O. The van der Waals surface area contributed by atoms with E-state index in [9.17, 15) is 5.11 Å². The van der Waals surface area contributed by atoms with Gasteiger partial charge in [0.15, 0.2) is 0 Å². The highest BCUT2D eigenvalue weighted by atomic mass is 16.3. The smallest absolute Gasteiger partial charge is 0.119 e. The van der Waals surface area contributed by atoms with Gasteiger partial charge in [-0.3, -0.25) is 0 Å². The molecule has 1 N–H and O–H groups in total. The van der Waals surface area contributed by atoms with Gasteiger partial charge in [0.1, 0.15) is 5.75 Å². The van der Waals surface area contributed by atoms with Gasteiger partial charge in [-0.05, 0) is 23.5 Å². The predicted octanol–water partition coefficient (Wildman–Crippen LogP) is 3.08. The van der Waals surface area contributed by atoms with Gasteiger partial charge in [0.2, 0.25) is 0 Å². The summed E-state index contributed by atoms with van der Waals surface area (Å²) in [6.07, 6.45) is 1.03. The molecular weight excluding hydrogens is 148 g/mol. The number of rotatable bonds is 2. The zero-order chi connectivity index (χ0) is 9.19. The molecule has 0 aromatic heterocycles. The second kappa shape index (κ2) is 3.18. The Kier molecular flexibility index (Phi) is 2.41. The summed E-state index contributed by atoms with van der Waals surface area (Å²) < 4.78 is 0. The normalized spacial score (nSPS) is 11.6. The molecule has 1 nitrogen and oxygen atoms in total. The number of hydrogen-bond donors (Lipinski definition) is 1. The van der Waals surface area contributed by atoms with Crippen LogP contribution in [0.4, 0.5) is 0 Å². The van der Waals surface area contributed by atoms with Crippen LogP contribution in [0.1, 0.15) is 32.8 Å². The third-order valence-electron chi connectivity index (χ3n) is 2.52. The molecule has 66 valence electrons. The van der Waals surface area contributed by atoms with Crippen molar-refractivity contribution < 1.29 is 5.11 Å². The summed E-state index contributed by atoms with van der Waals surface area (Å²) in [6.45, 7) is 6.41. The van der Waals surface area contributed by atoms with Gasteiger partial charge < -0.3 is 5.11 Å². The maximum atomic E-state index is 9.58. The van der Waals surface area contributed by atoms with Crippen molar-refractivity contribution in [2.24, 2.45) is 0 Å². The van der Waals surface area contributed by atoms with Crippen LogP contribution in [0.25, 0.3) is 0 Å². The monoisotopic (exact) mass is 164 g/mol. The highest BCUT2D eigenvalue weighted by molar-refractivity contribution is 5.37. The Morgan fingerprint density at radius 1 is 1.25 bits per heavy atom. The Bertz CT molecular complexity index is 263. The minimum atomic E-state index is 0.0747. The Balaban J connectivity index is 3.10. The Morgan fingerprint density at radius 3 is 2.33 bits per heavy atom. The zero-order valence-electron chi connectivity index (χ0n) is 7.96. The first kappa shape index (κ1) is 9.11. The minimum Gasteiger partial charge on any atom is -0.508 e. The van der Waals surface area contributed by atoms with E-state index in [1.165, 1.54) is 0 Å². The second-order valence-electron chi connectivity index (χ2n) is 3.75. The van der Waals surface area contributed by atoms with Crippen LogP contribution in [-0.4, -0.2) is 5.11 Å². The lowest BCUT2D eigenvalue weighted by molar-refractivity contribution is 0.429. The highest BCUT2D eigenvalue weighted by Crippen LogP contribution is 2.32. The molecule has 12 heavy (non-hydrogen) atoms. The van der Waals surface area contributed by atoms with Crippen molar-refractivity contribution in [2.75, 3.05) is 0 Å². The van der Waals surface area contributed by atoms with E-state index in [1.54, 1.807) is 6.07 Å². The van der Waals surface area contributed by atoms with Gasteiger partial charge in [-0.25, -0.2) is 0 Å². The molecule has 1 heteroatoms. The van der Waals surface area contributed by atoms with Crippen LogP contribution in [0.15, 0.2) is 24.3 Å². The van der Waals surface area contributed by atoms with E-state index in [1.807, 2.05) is 18.2 Å². The number of benzene rings is 1. The fraction of sp³-hybridized carbons (Fsp3) is 0.455. The SMILES string of the molecule is CCC(C)(C)c1ccccc1O. The molecule has 0 spiro atoms. The molecule has 0 saturated heterocycles. The van der Waals surface area contributed by atoms with Crippen molar-refractivity contribution in [1.29, 1.82) is 0 Å². The fourth-order valence-electron chi connectivity index (χ4n) is 1.24. The van der Waals surface area contributed by atoms with Crippen molar-refractivity contribution in [3.05, 3.63) is 29.8 Å². The molecule has 0 bridgehead atoms. The molecule has 1 rings (SSSR count). The molecule has 0 aliphatic rings. The molecule has 0 aliphatic heterocycles. The first-order valence-electron chi connectivity index (χ1n) is 4.36. The average molecular weight is 164 g/mol. The standard InChI is InChI=1S/C11H16O/c1-4-11(2,3)9-7-5-6-8-10(9)12/h5-8,12H,4H2,1-3H3. The van der Waals surface area contributed by atoms with E-state index in [-0.39, 0.29) is 5.41 Å². The number of phenolic OH excluding ortho intramolecular Hbond substituents is 1. The average Bonchev–Trinajstić information content (AvgIpc) is 2.05. The number of para-hydroxylation sites is 1. The summed E-state index contributed by atoms with van der Waals surface area (Å²) in [5.41, 5.74) is 1.11. The molecule has 1 aromatic rings. The topological polar surface area (TPSA) is 20.2 Å². The lowest BCUT2D eigenvalue weighted by Crippen LogP contribution is -2.15. The Morgan fingerprint density at radius 2 is 1.83 bits per heavy atom. The van der Waals surface area contributed by atoms with E-state index in [2.05, 4.69) is 20.8 Å². The third kappa shape index (κ3) is 1.60. The fourth-order valence-corrected chi connectivity index (χ4v) is 1.24. The van der Waals surface area contributed by atoms with Crippen molar-refractivity contribution in [3.63, 3.8) is 0 Å². The zero-order valence-corrected chi connectivity index (χ0v) is 7.96. The minimum absolute atomic E-state index is 0.0747. The summed E-state index contributed by atoms with van der Waals surface area (Å²) in [7, 11) is 0. The number of aromatic hydroxyl groups is 1. The van der Waals surface area contributed by atoms with E-state index < -0.39 is 0 Å². The van der Waals surface area contributed by atoms with Gasteiger partial charge >= 0.3 is 0 Å². The maximum absolute atomic E-state index is 9.58. The number of hydrogen-bond acceptors (Lipinski definition) is 1. The van der Waals surface area contributed by atoms with Crippen LogP contribution in [-0.2, 0) is 5.41 Å². The van der Waals surface area contributed by atoms with Crippen LogP contribution >= 0.6 is 0 Å². The quantitative estimate of drug-likeness (QED) is 0.712. The molecule has 0 unspecified atom stereocenters. The van der Waals surface area contributed by atoms with E-state index in [0.29, 0.717) is 5.75 Å². The highest BCUT2D eigenvalue weighted by Gasteiger charge is 2.20. The van der Waals surface area contributed by atoms with Crippen molar-refractivity contribution in [2.45, 2.75) is 32.6 Å². The van der Waals surface area contributed by atoms with E-state index in [4.69, 9.17) is 0 Å². The molecule has 0 radical (unpaired) electrons. The van der Waals surface area contributed by atoms with Gasteiger partial charge in [0, 0.05) is 0 Å². The summed E-state index contributed by atoms with van der Waals surface area (Å²) in [5, 5.41) is 9.58. The largest absolute Gasteiger partial charge is 0.508 e. The molecule has 0 heterocycles. The summed E-state index contributed by atoms with van der Waals surface area (Å²) in [6, 6.07) is 7.54. The van der Waals surface area contributed by atoms with Gasteiger partial charge in [-0.2, -0.15) is 0 Å². The first-order valence-corrected chi connectivity index (χ1v) is 4.36. The van der Waals surface area contributed by atoms with Gasteiger partial charge in [-0.15, -0.1) is 0 Å². The van der Waals surface area contributed by atoms with Crippen molar-refractivity contribution in [1.82, 2.24) is 0 Å². The van der Waals surface area contributed by atoms with Crippen molar-refractivity contribution in [3.8, 4) is 5.75 Å². The lowest BCUT2D eigenvalue weighted by atomic mass is 9.82.